The van der Waals surface area contributed by atoms with Crippen LogP contribution in [0.3, 0.4) is 0 Å². The van der Waals surface area contributed by atoms with E-state index in [0.29, 0.717) is 0 Å². The molecule has 0 aromatic heterocycles. The zero-order chi connectivity index (χ0) is 4.12. The molecule has 0 bridgehead atoms. The minimum absolute atomic E-state index is 0.833. The van der Waals surface area contributed by atoms with E-state index in [1.54, 1.807) is 0 Å². The summed E-state index contributed by atoms with van der Waals surface area (Å²) in [4.78, 5) is 0. The summed E-state index contributed by atoms with van der Waals surface area (Å²) in [6.07, 6.45) is 0. The Bertz CT molecular complexity index is 15.1. The predicted molar refractivity (Wildman–Crippen MR) is 26.0 cm³/mol. The summed E-state index contributed by atoms with van der Waals surface area (Å²) >= 11 is 3.17. The van der Waals surface area contributed by atoms with Crippen molar-refractivity contribution in [1.82, 2.24) is 5.43 Å². The molecule has 32 valence electrons. The van der Waals surface area contributed by atoms with Gasteiger partial charge in [-0.1, -0.05) is 15.9 Å². The second-order valence-electron chi connectivity index (χ2n) is 0.643. The maximum Gasteiger partial charge on any atom is 0.0195 e. The normalized spacial score (nSPS) is 8.40. The number of nitrogens with two attached hydrogens (primary N) is 1. The largest absolute Gasteiger partial charge is 0.271 e. The van der Waals surface area contributed by atoms with Crippen LogP contribution in [0.2, 0.25) is 0 Å². The van der Waals surface area contributed by atoms with Crippen molar-refractivity contribution in [3.05, 3.63) is 0 Å². The summed E-state index contributed by atoms with van der Waals surface area (Å²) in [6, 6.07) is 0. The second-order valence-corrected chi connectivity index (χ2v) is 1.44. The highest BCUT2D eigenvalue weighted by Crippen LogP contribution is 1.69. The van der Waals surface area contributed by atoms with Crippen LogP contribution >= 0.6 is 15.9 Å². The number of nitrogens with one attached hydrogen (secondary N) is 1. The Kier molecular flexibility index (Phi) is 4.75. The second kappa shape index (κ2) is 4.40. The third-order valence-corrected chi connectivity index (χ3v) is 0.635. The number of hydrogen-bond donors (Lipinski definition) is 2. The molecule has 0 aliphatic carbocycles. The molecule has 0 aromatic rings. The van der Waals surface area contributed by atoms with E-state index in [1.165, 1.54) is 0 Å². The minimum atomic E-state index is 0.833. The first-order chi connectivity index (χ1) is 2.41. The molecule has 3 N–H and O–H groups in total. The van der Waals surface area contributed by atoms with E-state index < -0.39 is 0 Å². The lowest BCUT2D eigenvalue weighted by Crippen LogP contribution is -2.23. The van der Waals surface area contributed by atoms with Gasteiger partial charge in [-0.2, -0.15) is 0 Å². The molecule has 0 radical (unpaired) electrons. The molecule has 0 saturated carbocycles. The fourth-order valence-corrected chi connectivity index (χ4v) is 0.283. The van der Waals surface area contributed by atoms with Crippen molar-refractivity contribution in [3.8, 4) is 0 Å². The Balaban J connectivity index is 2.19. The van der Waals surface area contributed by atoms with E-state index in [1.807, 2.05) is 0 Å². The molecule has 5 heavy (non-hydrogen) atoms. The van der Waals surface area contributed by atoms with Crippen molar-refractivity contribution in [1.29, 1.82) is 0 Å². The van der Waals surface area contributed by atoms with E-state index in [0.717, 1.165) is 11.9 Å². The standard InChI is InChI=1S/C2H7BrN2/c3-1-2-5-4/h5H,1-2,4H2. The molecule has 0 amide bonds. The lowest BCUT2D eigenvalue weighted by atomic mass is 10.8. The van der Waals surface area contributed by atoms with Crippen molar-refractivity contribution >= 4 is 15.9 Å². The zero-order valence-corrected chi connectivity index (χ0v) is 4.46. The van der Waals surface area contributed by atoms with Crippen LogP contribution in [0.15, 0.2) is 0 Å². The van der Waals surface area contributed by atoms with Crippen molar-refractivity contribution in [2.45, 2.75) is 0 Å². The Labute approximate surface area is 39.8 Å². The predicted octanol–water partition coefficient (Wildman–Crippen LogP) is -0.155. The fourth-order valence-electron chi connectivity index (χ4n) is 0.0546. The van der Waals surface area contributed by atoms with Crippen molar-refractivity contribution in [2.24, 2.45) is 5.84 Å². The molecule has 0 rings (SSSR count). The van der Waals surface area contributed by atoms with Crippen LogP contribution in [-0.4, -0.2) is 11.9 Å². The van der Waals surface area contributed by atoms with Gasteiger partial charge in [-0.05, 0) is 0 Å². The maximum absolute atomic E-state index is 4.86. The molecular formula is C2H7BrN2. The summed E-state index contributed by atoms with van der Waals surface area (Å²) in [5, 5.41) is 0.920. The summed E-state index contributed by atoms with van der Waals surface area (Å²) in [6.45, 7) is 0.833. The maximum atomic E-state index is 4.86. The number of alkyl halides is 1. The third-order valence-electron chi connectivity index (χ3n) is 0.239. The number of hydrazine groups is 1. The van der Waals surface area contributed by atoms with E-state index in [2.05, 4.69) is 21.4 Å². The highest BCUT2D eigenvalue weighted by Gasteiger charge is 1.66. The smallest absolute Gasteiger partial charge is 0.0195 e. The number of hydrogen-bond acceptors (Lipinski definition) is 2. The van der Waals surface area contributed by atoms with Gasteiger partial charge in [0.1, 0.15) is 0 Å². The van der Waals surface area contributed by atoms with E-state index in [4.69, 9.17) is 5.84 Å². The number of halogens is 1. The molecule has 3 heteroatoms. The van der Waals surface area contributed by atoms with Gasteiger partial charge < -0.3 is 0 Å². The zero-order valence-electron chi connectivity index (χ0n) is 2.87. The van der Waals surface area contributed by atoms with Crippen LogP contribution < -0.4 is 11.3 Å². The first-order valence-corrected chi connectivity index (χ1v) is 2.53. The van der Waals surface area contributed by atoms with Gasteiger partial charge in [0.15, 0.2) is 0 Å². The van der Waals surface area contributed by atoms with Crippen LogP contribution in [0.1, 0.15) is 0 Å². The van der Waals surface area contributed by atoms with Crippen molar-refractivity contribution < 1.29 is 0 Å². The highest BCUT2D eigenvalue weighted by molar-refractivity contribution is 9.09. The average molecular weight is 139 g/mol. The SMILES string of the molecule is NNCCBr. The van der Waals surface area contributed by atoms with Crippen LogP contribution in [0, 0.1) is 0 Å². The average Bonchev–Trinajstić information content (AvgIpc) is 1.41. The topological polar surface area (TPSA) is 38.0 Å². The van der Waals surface area contributed by atoms with Crippen LogP contribution in [0.5, 0.6) is 0 Å². The van der Waals surface area contributed by atoms with E-state index in [-0.39, 0.29) is 0 Å². The molecule has 0 aliphatic heterocycles. The monoisotopic (exact) mass is 138 g/mol. The van der Waals surface area contributed by atoms with Gasteiger partial charge in [0.25, 0.3) is 0 Å². The first-order valence-electron chi connectivity index (χ1n) is 1.41. The van der Waals surface area contributed by atoms with Crippen molar-refractivity contribution in [3.63, 3.8) is 0 Å². The van der Waals surface area contributed by atoms with Crippen LogP contribution in [0.25, 0.3) is 0 Å². The summed E-state index contributed by atoms with van der Waals surface area (Å²) < 4.78 is 0. The van der Waals surface area contributed by atoms with Gasteiger partial charge in [-0.15, -0.1) is 0 Å². The van der Waals surface area contributed by atoms with E-state index >= 15 is 0 Å². The molecule has 0 unspecified atom stereocenters. The lowest BCUT2D eigenvalue weighted by Gasteiger charge is -1.83. The quantitative estimate of drug-likeness (QED) is 0.317. The van der Waals surface area contributed by atoms with Gasteiger partial charge in [0.05, 0.1) is 0 Å². The van der Waals surface area contributed by atoms with E-state index in [9.17, 15) is 0 Å². The Morgan fingerprint density at radius 3 is 2.40 bits per heavy atom. The Morgan fingerprint density at radius 2 is 2.40 bits per heavy atom. The summed E-state index contributed by atoms with van der Waals surface area (Å²) in [7, 11) is 0. The molecule has 0 atom stereocenters. The van der Waals surface area contributed by atoms with Gasteiger partial charge in [-0.3, -0.25) is 11.3 Å². The summed E-state index contributed by atoms with van der Waals surface area (Å²) in [5.41, 5.74) is 2.47. The fraction of sp³-hybridized carbons (Fsp3) is 1.00. The Hall–Kier alpha value is 0.400. The minimum Gasteiger partial charge on any atom is -0.271 e. The van der Waals surface area contributed by atoms with Gasteiger partial charge in [-0.25, -0.2) is 0 Å². The molecule has 0 saturated heterocycles. The summed E-state index contributed by atoms with van der Waals surface area (Å²) in [5.74, 6) is 4.86. The lowest BCUT2D eigenvalue weighted by molar-refractivity contribution is 0.790. The molecule has 0 spiro atoms. The molecule has 0 fully saturated rings. The molecule has 0 aromatic carbocycles. The van der Waals surface area contributed by atoms with Gasteiger partial charge >= 0.3 is 0 Å². The highest BCUT2D eigenvalue weighted by atomic mass is 79.9. The van der Waals surface area contributed by atoms with Crippen molar-refractivity contribution in [2.75, 3.05) is 11.9 Å². The van der Waals surface area contributed by atoms with Gasteiger partial charge in [0.2, 0.25) is 0 Å². The number of rotatable bonds is 2. The third kappa shape index (κ3) is 4.40. The van der Waals surface area contributed by atoms with Gasteiger partial charge in [0, 0.05) is 11.9 Å². The molecular weight excluding hydrogens is 132 g/mol. The van der Waals surface area contributed by atoms with Crippen LogP contribution in [0.4, 0.5) is 0 Å². The molecule has 0 aliphatic rings. The Morgan fingerprint density at radius 1 is 1.80 bits per heavy atom. The van der Waals surface area contributed by atoms with Crippen LogP contribution in [-0.2, 0) is 0 Å². The molecule has 2 nitrogen and oxygen atoms in total. The molecule has 0 heterocycles. The first kappa shape index (κ1) is 5.40.